The molecule has 0 saturated carbocycles. The SMILES string of the molecule is O=C(C[C@@H](c1ccc(Br)cc1)n1cccn1)c1ccccc1. The molecule has 0 unspecified atom stereocenters. The van der Waals surface area contributed by atoms with Crippen molar-refractivity contribution in [3.63, 3.8) is 0 Å². The molecule has 22 heavy (non-hydrogen) atoms. The van der Waals surface area contributed by atoms with Crippen LogP contribution < -0.4 is 0 Å². The van der Waals surface area contributed by atoms with Gasteiger partial charge in [0.2, 0.25) is 0 Å². The molecule has 0 fully saturated rings. The first-order chi connectivity index (χ1) is 10.7. The van der Waals surface area contributed by atoms with Crippen molar-refractivity contribution in [1.82, 2.24) is 9.78 Å². The molecule has 1 atom stereocenters. The van der Waals surface area contributed by atoms with Crippen LogP contribution in [-0.2, 0) is 0 Å². The minimum atomic E-state index is -0.101. The average Bonchev–Trinajstić information content (AvgIpc) is 3.08. The number of hydrogen-bond acceptors (Lipinski definition) is 2. The highest BCUT2D eigenvalue weighted by Crippen LogP contribution is 2.25. The second kappa shape index (κ2) is 6.71. The Morgan fingerprint density at radius 1 is 1.05 bits per heavy atom. The van der Waals surface area contributed by atoms with E-state index in [4.69, 9.17) is 0 Å². The number of halogens is 1. The van der Waals surface area contributed by atoms with Crippen molar-refractivity contribution in [2.75, 3.05) is 0 Å². The maximum atomic E-state index is 12.5. The summed E-state index contributed by atoms with van der Waals surface area (Å²) in [5, 5.41) is 4.31. The highest BCUT2D eigenvalue weighted by atomic mass is 79.9. The monoisotopic (exact) mass is 354 g/mol. The Hall–Kier alpha value is -2.20. The Morgan fingerprint density at radius 2 is 1.77 bits per heavy atom. The Morgan fingerprint density at radius 3 is 2.41 bits per heavy atom. The first kappa shape index (κ1) is 14.7. The van der Waals surface area contributed by atoms with E-state index in [9.17, 15) is 4.79 Å². The van der Waals surface area contributed by atoms with Crippen LogP contribution in [-0.4, -0.2) is 15.6 Å². The molecule has 3 rings (SSSR count). The van der Waals surface area contributed by atoms with E-state index in [1.165, 1.54) is 0 Å². The van der Waals surface area contributed by atoms with Crippen molar-refractivity contribution in [2.45, 2.75) is 12.5 Å². The number of carbonyl (C=O) groups is 1. The van der Waals surface area contributed by atoms with Crippen molar-refractivity contribution < 1.29 is 4.79 Å². The lowest BCUT2D eigenvalue weighted by atomic mass is 9.98. The predicted molar refractivity (Wildman–Crippen MR) is 89.9 cm³/mol. The van der Waals surface area contributed by atoms with Crippen molar-refractivity contribution in [1.29, 1.82) is 0 Å². The molecule has 0 aliphatic carbocycles. The lowest BCUT2D eigenvalue weighted by molar-refractivity contribution is 0.0967. The Balaban J connectivity index is 1.90. The van der Waals surface area contributed by atoms with E-state index >= 15 is 0 Å². The number of aromatic nitrogens is 2. The lowest BCUT2D eigenvalue weighted by Crippen LogP contribution is -2.16. The van der Waals surface area contributed by atoms with Crippen LogP contribution in [0.15, 0.2) is 77.5 Å². The standard InChI is InChI=1S/C18H15BrN2O/c19-16-9-7-14(8-10-16)17(21-12-4-11-20-21)13-18(22)15-5-2-1-3-6-15/h1-12,17H,13H2/t17-/m0/s1. The van der Waals surface area contributed by atoms with E-state index in [2.05, 4.69) is 21.0 Å². The van der Waals surface area contributed by atoms with Gasteiger partial charge in [-0.15, -0.1) is 0 Å². The Bertz CT molecular complexity index is 737. The zero-order valence-corrected chi connectivity index (χ0v) is 13.5. The molecule has 0 amide bonds. The molecule has 1 heterocycles. The van der Waals surface area contributed by atoms with E-state index < -0.39 is 0 Å². The van der Waals surface area contributed by atoms with E-state index in [1.807, 2.05) is 71.5 Å². The van der Waals surface area contributed by atoms with Crippen LogP contribution in [0.2, 0.25) is 0 Å². The number of nitrogens with zero attached hydrogens (tertiary/aromatic N) is 2. The fourth-order valence-electron chi connectivity index (χ4n) is 2.43. The summed E-state index contributed by atoms with van der Waals surface area (Å²) in [4.78, 5) is 12.5. The van der Waals surface area contributed by atoms with E-state index in [1.54, 1.807) is 6.20 Å². The van der Waals surface area contributed by atoms with Gasteiger partial charge in [-0.3, -0.25) is 9.48 Å². The van der Waals surface area contributed by atoms with Crippen molar-refractivity contribution in [3.05, 3.63) is 88.7 Å². The summed E-state index contributed by atoms with van der Waals surface area (Å²) >= 11 is 3.44. The molecule has 3 nitrogen and oxygen atoms in total. The zero-order valence-electron chi connectivity index (χ0n) is 11.9. The molecule has 1 aromatic heterocycles. The van der Waals surface area contributed by atoms with E-state index in [-0.39, 0.29) is 11.8 Å². The van der Waals surface area contributed by atoms with Gasteiger partial charge >= 0.3 is 0 Å². The molecule has 3 aromatic rings. The van der Waals surface area contributed by atoms with Crippen LogP contribution in [0.4, 0.5) is 0 Å². The van der Waals surface area contributed by atoms with Gasteiger partial charge in [-0.1, -0.05) is 58.4 Å². The number of Topliss-reactive ketones (excluding diaryl/α,β-unsaturated/α-hetero) is 1. The number of rotatable bonds is 5. The minimum absolute atomic E-state index is 0.101. The van der Waals surface area contributed by atoms with Crippen molar-refractivity contribution in [2.24, 2.45) is 0 Å². The topological polar surface area (TPSA) is 34.9 Å². The van der Waals surface area contributed by atoms with Crippen LogP contribution in [0.1, 0.15) is 28.4 Å². The van der Waals surface area contributed by atoms with E-state index in [0.717, 1.165) is 15.6 Å². The maximum Gasteiger partial charge on any atom is 0.165 e. The van der Waals surface area contributed by atoms with Gasteiger partial charge in [-0.2, -0.15) is 5.10 Å². The van der Waals surface area contributed by atoms with Gasteiger partial charge in [-0.25, -0.2) is 0 Å². The zero-order chi connectivity index (χ0) is 15.4. The summed E-state index contributed by atoms with van der Waals surface area (Å²) in [5.74, 6) is 0.115. The summed E-state index contributed by atoms with van der Waals surface area (Å²) < 4.78 is 2.86. The van der Waals surface area contributed by atoms with Crippen LogP contribution in [0.25, 0.3) is 0 Å². The lowest BCUT2D eigenvalue weighted by Gasteiger charge is -2.17. The third-order valence-corrected chi connectivity index (χ3v) is 4.10. The van der Waals surface area contributed by atoms with Gasteiger partial charge < -0.3 is 0 Å². The fraction of sp³-hybridized carbons (Fsp3) is 0.111. The molecule has 0 N–H and O–H groups in total. The first-order valence-electron chi connectivity index (χ1n) is 7.07. The summed E-state index contributed by atoms with van der Waals surface area (Å²) in [6.45, 7) is 0. The molecule has 4 heteroatoms. The van der Waals surface area contributed by atoms with Gasteiger partial charge in [0.05, 0.1) is 6.04 Å². The third kappa shape index (κ3) is 3.34. The minimum Gasteiger partial charge on any atom is -0.294 e. The fourth-order valence-corrected chi connectivity index (χ4v) is 2.70. The van der Waals surface area contributed by atoms with Gasteiger partial charge in [0.15, 0.2) is 5.78 Å². The molecule has 0 spiro atoms. The molecular weight excluding hydrogens is 340 g/mol. The highest BCUT2D eigenvalue weighted by molar-refractivity contribution is 9.10. The molecule has 0 radical (unpaired) electrons. The molecular formula is C18H15BrN2O. The Kier molecular flexibility index (Phi) is 4.49. The van der Waals surface area contributed by atoms with Gasteiger partial charge in [0.25, 0.3) is 0 Å². The quantitative estimate of drug-likeness (QED) is 0.632. The van der Waals surface area contributed by atoms with Gasteiger partial charge in [0.1, 0.15) is 0 Å². The van der Waals surface area contributed by atoms with Gasteiger partial charge in [-0.05, 0) is 23.8 Å². The second-order valence-corrected chi connectivity index (χ2v) is 5.96. The first-order valence-corrected chi connectivity index (χ1v) is 7.86. The predicted octanol–water partition coefficient (Wildman–Crippen LogP) is 4.51. The van der Waals surface area contributed by atoms with Crippen LogP contribution in [0, 0.1) is 0 Å². The smallest absolute Gasteiger partial charge is 0.165 e. The van der Waals surface area contributed by atoms with Crippen LogP contribution in [0.3, 0.4) is 0 Å². The Labute approximate surface area is 137 Å². The largest absolute Gasteiger partial charge is 0.294 e. The summed E-state index contributed by atoms with van der Waals surface area (Å²) in [6.07, 6.45) is 4.01. The number of benzene rings is 2. The summed E-state index contributed by atoms with van der Waals surface area (Å²) in [6, 6.07) is 19.2. The molecule has 110 valence electrons. The van der Waals surface area contributed by atoms with Gasteiger partial charge in [0, 0.05) is 28.9 Å². The third-order valence-electron chi connectivity index (χ3n) is 3.57. The van der Waals surface area contributed by atoms with Crippen LogP contribution >= 0.6 is 15.9 Å². The molecule has 0 aliphatic heterocycles. The maximum absolute atomic E-state index is 12.5. The second-order valence-electron chi connectivity index (χ2n) is 5.05. The number of hydrogen-bond donors (Lipinski definition) is 0. The van der Waals surface area contributed by atoms with E-state index in [0.29, 0.717) is 6.42 Å². The average molecular weight is 355 g/mol. The normalized spacial score (nSPS) is 12.0. The van der Waals surface area contributed by atoms with Crippen LogP contribution in [0.5, 0.6) is 0 Å². The van der Waals surface area contributed by atoms with Crippen molar-refractivity contribution >= 4 is 21.7 Å². The molecule has 0 aliphatic rings. The highest BCUT2D eigenvalue weighted by Gasteiger charge is 2.19. The number of ketones is 1. The molecule has 0 bridgehead atoms. The number of carbonyl (C=O) groups excluding carboxylic acids is 1. The molecule has 2 aromatic carbocycles. The summed E-state index contributed by atoms with van der Waals surface area (Å²) in [7, 11) is 0. The van der Waals surface area contributed by atoms with Crippen molar-refractivity contribution in [3.8, 4) is 0 Å². The molecule has 0 saturated heterocycles. The summed E-state index contributed by atoms with van der Waals surface area (Å²) in [5.41, 5.74) is 1.80.